The first-order chi connectivity index (χ1) is 13.2. The fourth-order valence-corrected chi connectivity index (χ4v) is 3.80. The van der Waals surface area contributed by atoms with Gasteiger partial charge < -0.3 is 9.97 Å². The molecule has 0 amide bonds. The second-order valence-electron chi connectivity index (χ2n) is 6.39. The number of hydrogen-bond acceptors (Lipinski definition) is 6. The molecule has 0 aliphatic carbocycles. The van der Waals surface area contributed by atoms with Crippen LogP contribution in [0, 0.1) is 0 Å². The number of aromatic amines is 2. The molecule has 142 valence electrons. The number of sulfone groups is 1. The van der Waals surface area contributed by atoms with Gasteiger partial charge in [-0.1, -0.05) is 12.1 Å². The highest BCUT2D eigenvalue weighted by molar-refractivity contribution is 7.90. The van der Waals surface area contributed by atoms with Crippen molar-refractivity contribution in [2.75, 3.05) is 6.26 Å². The lowest BCUT2D eigenvalue weighted by atomic mass is 10.1. The second-order valence-corrected chi connectivity index (χ2v) is 8.41. The molecule has 9 nitrogen and oxygen atoms in total. The third-order valence-electron chi connectivity index (χ3n) is 4.56. The molecule has 0 atom stereocenters. The van der Waals surface area contributed by atoms with E-state index in [2.05, 4.69) is 9.97 Å². The minimum absolute atomic E-state index is 0.0771. The topological polar surface area (TPSA) is 139 Å². The SMILES string of the molecule is CS(=O)(=O)c1ccc(Cn2c(=O)c3c(=O)c4[nH]cc[nH]c4c(=O)c3c2=O)cc1. The number of H-pyrrole nitrogens is 2. The standard InChI is InChI=1S/C18H13N3O6S/c1-28(26,27)10-4-2-9(3-5-10)8-21-17(24)11-12(18(21)25)16(23)14-13(15(11)22)19-6-7-20-14/h2-7,19-20H,8H2,1H3. The summed E-state index contributed by atoms with van der Waals surface area (Å²) in [5, 5.41) is -0.905. The molecule has 0 unspecified atom stereocenters. The molecule has 28 heavy (non-hydrogen) atoms. The highest BCUT2D eigenvalue weighted by Gasteiger charge is 2.22. The Morgan fingerprint density at radius 1 is 0.821 bits per heavy atom. The highest BCUT2D eigenvalue weighted by Crippen LogP contribution is 2.11. The van der Waals surface area contributed by atoms with Gasteiger partial charge in [-0.2, -0.15) is 0 Å². The maximum absolute atomic E-state index is 12.7. The molecule has 4 rings (SSSR count). The van der Waals surface area contributed by atoms with Crippen LogP contribution in [0.25, 0.3) is 21.8 Å². The van der Waals surface area contributed by atoms with E-state index in [0.717, 1.165) is 10.8 Å². The number of nitrogens with one attached hydrogen (secondary N) is 2. The van der Waals surface area contributed by atoms with E-state index in [9.17, 15) is 27.6 Å². The Morgan fingerprint density at radius 2 is 1.29 bits per heavy atom. The third kappa shape index (κ3) is 2.57. The van der Waals surface area contributed by atoms with Crippen molar-refractivity contribution in [2.45, 2.75) is 11.4 Å². The molecular formula is C18H13N3O6S. The lowest BCUT2D eigenvalue weighted by Gasteiger charge is -2.03. The van der Waals surface area contributed by atoms with E-state index in [1.807, 2.05) is 0 Å². The molecule has 0 aliphatic heterocycles. The molecule has 2 N–H and O–H groups in total. The third-order valence-corrected chi connectivity index (χ3v) is 5.69. The van der Waals surface area contributed by atoms with Crippen molar-refractivity contribution in [3.63, 3.8) is 0 Å². The van der Waals surface area contributed by atoms with Gasteiger partial charge in [-0.25, -0.2) is 8.42 Å². The largest absolute Gasteiger partial charge is 0.355 e. The quantitative estimate of drug-likeness (QED) is 0.488. The molecule has 0 spiro atoms. The smallest absolute Gasteiger partial charge is 0.266 e. The van der Waals surface area contributed by atoms with Gasteiger partial charge in [0.1, 0.15) is 21.8 Å². The van der Waals surface area contributed by atoms with Crippen molar-refractivity contribution in [1.82, 2.24) is 14.5 Å². The van der Waals surface area contributed by atoms with Gasteiger partial charge in [-0.3, -0.25) is 23.7 Å². The Bertz CT molecular complexity index is 1500. The highest BCUT2D eigenvalue weighted by atomic mass is 32.2. The van der Waals surface area contributed by atoms with E-state index in [1.165, 1.54) is 36.7 Å². The minimum Gasteiger partial charge on any atom is -0.355 e. The van der Waals surface area contributed by atoms with Crippen LogP contribution in [0.2, 0.25) is 0 Å². The summed E-state index contributed by atoms with van der Waals surface area (Å²) >= 11 is 0. The van der Waals surface area contributed by atoms with Gasteiger partial charge >= 0.3 is 0 Å². The summed E-state index contributed by atoms with van der Waals surface area (Å²) in [6, 6.07) is 5.65. The Morgan fingerprint density at radius 3 is 1.71 bits per heavy atom. The average molecular weight is 399 g/mol. The number of hydrogen-bond donors (Lipinski definition) is 2. The zero-order valence-corrected chi connectivity index (χ0v) is 15.3. The fourth-order valence-electron chi connectivity index (χ4n) is 3.17. The van der Waals surface area contributed by atoms with E-state index in [1.54, 1.807) is 0 Å². The van der Waals surface area contributed by atoms with Crippen LogP contribution >= 0.6 is 0 Å². The summed E-state index contributed by atoms with van der Waals surface area (Å²) in [6.45, 7) is -0.195. The van der Waals surface area contributed by atoms with Crippen molar-refractivity contribution in [2.24, 2.45) is 0 Å². The maximum atomic E-state index is 12.7. The lowest BCUT2D eigenvalue weighted by Crippen LogP contribution is -2.27. The van der Waals surface area contributed by atoms with Gasteiger partial charge in [0.2, 0.25) is 10.9 Å². The van der Waals surface area contributed by atoms with E-state index in [-0.39, 0.29) is 22.5 Å². The van der Waals surface area contributed by atoms with Crippen LogP contribution in [0.4, 0.5) is 0 Å². The Kier molecular flexibility index (Phi) is 3.82. The molecule has 0 radical (unpaired) electrons. The monoisotopic (exact) mass is 399 g/mol. The first-order valence-corrected chi connectivity index (χ1v) is 10.0. The van der Waals surface area contributed by atoms with E-state index in [4.69, 9.17) is 0 Å². The summed E-state index contributed by atoms with van der Waals surface area (Å²) in [4.78, 5) is 56.0. The summed E-state index contributed by atoms with van der Waals surface area (Å²) in [6.07, 6.45) is 3.87. The zero-order valence-electron chi connectivity index (χ0n) is 14.5. The molecule has 2 aromatic carbocycles. The van der Waals surface area contributed by atoms with Crippen LogP contribution in [0.1, 0.15) is 5.56 Å². The molecule has 2 heterocycles. The van der Waals surface area contributed by atoms with E-state index >= 15 is 0 Å². The van der Waals surface area contributed by atoms with Gasteiger partial charge in [0.25, 0.3) is 11.1 Å². The predicted octanol–water partition coefficient (Wildman–Crippen LogP) is -0.219. The zero-order chi connectivity index (χ0) is 20.2. The molecule has 2 aromatic heterocycles. The minimum atomic E-state index is -3.38. The number of aromatic nitrogens is 3. The summed E-state index contributed by atoms with van der Waals surface area (Å²) < 4.78 is 23.9. The van der Waals surface area contributed by atoms with Gasteiger partial charge in [-0.15, -0.1) is 0 Å². The lowest BCUT2D eigenvalue weighted by molar-refractivity contribution is 0.602. The molecular weight excluding hydrogens is 386 g/mol. The molecule has 0 bridgehead atoms. The summed E-state index contributed by atoms with van der Waals surface area (Å²) in [7, 11) is -3.38. The summed E-state index contributed by atoms with van der Waals surface area (Å²) in [5.41, 5.74) is -2.84. The predicted molar refractivity (Wildman–Crippen MR) is 103 cm³/mol. The van der Waals surface area contributed by atoms with Crippen LogP contribution < -0.4 is 22.0 Å². The number of nitrogens with zero attached hydrogens (tertiary/aromatic N) is 1. The maximum Gasteiger partial charge on any atom is 0.266 e. The van der Waals surface area contributed by atoms with E-state index < -0.39 is 42.6 Å². The van der Waals surface area contributed by atoms with Crippen molar-refractivity contribution in [1.29, 1.82) is 0 Å². The van der Waals surface area contributed by atoms with Crippen molar-refractivity contribution in [3.8, 4) is 0 Å². The molecule has 4 aromatic rings. The van der Waals surface area contributed by atoms with Crippen LogP contribution in [0.5, 0.6) is 0 Å². The van der Waals surface area contributed by atoms with Gasteiger partial charge in [0.15, 0.2) is 9.84 Å². The van der Waals surface area contributed by atoms with Gasteiger partial charge in [-0.05, 0) is 17.7 Å². The number of rotatable bonds is 3. The molecule has 0 saturated carbocycles. The fraction of sp³-hybridized carbons (Fsp3) is 0.111. The Balaban J connectivity index is 1.96. The molecule has 0 fully saturated rings. The van der Waals surface area contributed by atoms with Crippen LogP contribution in [-0.4, -0.2) is 29.2 Å². The van der Waals surface area contributed by atoms with Crippen LogP contribution in [0.3, 0.4) is 0 Å². The number of benzene rings is 2. The molecule has 10 heteroatoms. The average Bonchev–Trinajstić information content (AvgIpc) is 2.91. The van der Waals surface area contributed by atoms with E-state index in [0.29, 0.717) is 5.56 Å². The normalized spacial score (nSPS) is 12.0. The molecule has 0 aliphatic rings. The molecule has 0 saturated heterocycles. The first kappa shape index (κ1) is 17.9. The van der Waals surface area contributed by atoms with Crippen molar-refractivity contribution in [3.05, 3.63) is 83.4 Å². The second kappa shape index (κ2) is 5.99. The van der Waals surface area contributed by atoms with Crippen molar-refractivity contribution >= 4 is 31.6 Å². The van der Waals surface area contributed by atoms with Gasteiger partial charge in [0, 0.05) is 18.6 Å². The Hall–Kier alpha value is -3.53. The van der Waals surface area contributed by atoms with Gasteiger partial charge in [0.05, 0.1) is 11.4 Å². The summed E-state index contributed by atoms with van der Waals surface area (Å²) in [5.74, 6) is 0. The first-order valence-electron chi connectivity index (χ1n) is 8.11. The van der Waals surface area contributed by atoms with Crippen LogP contribution in [-0.2, 0) is 16.4 Å². The van der Waals surface area contributed by atoms with Crippen LogP contribution in [0.15, 0.2) is 60.7 Å². The Labute approximate surface area is 156 Å². The van der Waals surface area contributed by atoms with Crippen molar-refractivity contribution < 1.29 is 8.42 Å². The number of fused-ring (bicyclic) bond motifs is 2.